The van der Waals surface area contributed by atoms with Crippen LogP contribution in [0.2, 0.25) is 0 Å². The number of hydrogen-bond acceptors (Lipinski definition) is 5. The van der Waals surface area contributed by atoms with Crippen molar-refractivity contribution in [2.45, 2.75) is 58.2 Å². The molecule has 2 aliphatic rings. The number of aryl methyl sites for hydroxylation is 1. The Balaban J connectivity index is 1.39. The summed E-state index contributed by atoms with van der Waals surface area (Å²) in [7, 11) is 0. The molecule has 24 heavy (non-hydrogen) atoms. The smallest absolute Gasteiger partial charge is 0.225 e. The summed E-state index contributed by atoms with van der Waals surface area (Å²) < 4.78 is 2.14. The Labute approximate surface area is 143 Å². The molecule has 0 saturated carbocycles. The molecule has 2 aromatic rings. The summed E-state index contributed by atoms with van der Waals surface area (Å²) in [5.74, 6) is 0.875. The van der Waals surface area contributed by atoms with Crippen molar-refractivity contribution in [1.82, 2.24) is 25.1 Å². The zero-order chi connectivity index (χ0) is 16.4. The lowest BCUT2D eigenvalue weighted by Crippen LogP contribution is -2.25. The second-order valence-electron chi connectivity index (χ2n) is 6.77. The number of anilines is 1. The first-order chi connectivity index (χ1) is 11.8. The summed E-state index contributed by atoms with van der Waals surface area (Å²) in [5, 5.41) is 8.20. The zero-order valence-corrected chi connectivity index (χ0v) is 14.4. The molecule has 0 spiro atoms. The monoisotopic (exact) mass is 326 g/mol. The Bertz CT molecular complexity index is 671. The Kier molecular flexibility index (Phi) is 4.47. The van der Waals surface area contributed by atoms with E-state index in [-0.39, 0.29) is 0 Å². The van der Waals surface area contributed by atoms with Crippen LogP contribution in [0.1, 0.15) is 55.5 Å². The molecule has 1 N–H and O–H groups in total. The molecule has 0 unspecified atom stereocenters. The van der Waals surface area contributed by atoms with E-state index in [1.807, 2.05) is 18.6 Å². The number of nitrogens with one attached hydrogen (secondary N) is 1. The van der Waals surface area contributed by atoms with Gasteiger partial charge in [0.25, 0.3) is 0 Å². The number of aromatic nitrogens is 4. The van der Waals surface area contributed by atoms with Gasteiger partial charge in [-0.05, 0) is 39.0 Å². The molecule has 6 nitrogen and oxygen atoms in total. The van der Waals surface area contributed by atoms with Gasteiger partial charge in [-0.3, -0.25) is 4.68 Å². The minimum Gasteiger partial charge on any atom is -0.341 e. The maximum Gasteiger partial charge on any atom is 0.225 e. The molecule has 1 aliphatic carbocycles. The number of nitrogens with zero attached hydrogens (tertiary/aromatic N) is 5. The van der Waals surface area contributed by atoms with Gasteiger partial charge >= 0.3 is 0 Å². The van der Waals surface area contributed by atoms with Gasteiger partial charge in [0.1, 0.15) is 0 Å². The predicted octanol–water partition coefficient (Wildman–Crippen LogP) is 2.46. The van der Waals surface area contributed by atoms with Gasteiger partial charge in [0.05, 0.1) is 6.20 Å². The summed E-state index contributed by atoms with van der Waals surface area (Å²) in [6, 6.07) is 0.396. The second-order valence-corrected chi connectivity index (χ2v) is 6.77. The van der Waals surface area contributed by atoms with E-state index in [0.29, 0.717) is 6.04 Å². The largest absolute Gasteiger partial charge is 0.341 e. The topological polar surface area (TPSA) is 58.9 Å². The fourth-order valence-electron chi connectivity index (χ4n) is 3.86. The highest BCUT2D eigenvalue weighted by atomic mass is 15.3. The van der Waals surface area contributed by atoms with E-state index in [4.69, 9.17) is 0 Å². The molecule has 0 radical (unpaired) electrons. The summed E-state index contributed by atoms with van der Waals surface area (Å²) in [6.45, 7) is 6.09. The summed E-state index contributed by atoms with van der Waals surface area (Å²) in [4.78, 5) is 11.4. The highest BCUT2D eigenvalue weighted by Gasteiger charge is 2.23. The van der Waals surface area contributed by atoms with Gasteiger partial charge in [-0.2, -0.15) is 5.10 Å². The molecule has 1 aliphatic heterocycles. The van der Waals surface area contributed by atoms with Crippen LogP contribution in [0.5, 0.6) is 0 Å². The molecule has 128 valence electrons. The first-order valence-corrected chi connectivity index (χ1v) is 9.19. The molecule has 1 atom stereocenters. The van der Waals surface area contributed by atoms with Crippen LogP contribution in [0.4, 0.5) is 5.95 Å². The predicted molar refractivity (Wildman–Crippen MR) is 93.9 cm³/mol. The molecule has 0 aromatic carbocycles. The van der Waals surface area contributed by atoms with Crippen LogP contribution in [0.15, 0.2) is 18.6 Å². The van der Waals surface area contributed by atoms with Crippen molar-refractivity contribution in [1.29, 1.82) is 0 Å². The molecule has 1 saturated heterocycles. The van der Waals surface area contributed by atoms with Crippen LogP contribution in [0.3, 0.4) is 0 Å². The molecule has 1 fully saturated rings. The molecular weight excluding hydrogens is 300 g/mol. The third-order valence-electron chi connectivity index (χ3n) is 5.20. The van der Waals surface area contributed by atoms with Crippen molar-refractivity contribution in [3.8, 4) is 0 Å². The number of rotatable bonds is 5. The van der Waals surface area contributed by atoms with Crippen molar-refractivity contribution in [2.24, 2.45) is 0 Å². The van der Waals surface area contributed by atoms with E-state index < -0.39 is 0 Å². The van der Waals surface area contributed by atoms with Crippen LogP contribution in [-0.2, 0) is 19.5 Å². The van der Waals surface area contributed by atoms with Crippen LogP contribution >= 0.6 is 0 Å². The van der Waals surface area contributed by atoms with Crippen molar-refractivity contribution < 1.29 is 0 Å². The van der Waals surface area contributed by atoms with Crippen LogP contribution in [-0.4, -0.2) is 32.8 Å². The lowest BCUT2D eigenvalue weighted by Gasteiger charge is -2.24. The van der Waals surface area contributed by atoms with Crippen LogP contribution in [0, 0.1) is 0 Å². The van der Waals surface area contributed by atoms with E-state index in [9.17, 15) is 0 Å². The molecule has 4 rings (SSSR count). The third kappa shape index (κ3) is 3.02. The van der Waals surface area contributed by atoms with Gasteiger partial charge in [0.15, 0.2) is 0 Å². The fraction of sp³-hybridized carbons (Fsp3) is 0.611. The Hall–Kier alpha value is -1.95. The van der Waals surface area contributed by atoms with Crippen molar-refractivity contribution in [2.75, 3.05) is 18.0 Å². The molecule has 3 heterocycles. The van der Waals surface area contributed by atoms with Gasteiger partial charge in [-0.1, -0.05) is 0 Å². The average Bonchev–Trinajstić information content (AvgIpc) is 3.30. The lowest BCUT2D eigenvalue weighted by atomic mass is 9.93. The summed E-state index contributed by atoms with van der Waals surface area (Å²) in [6.07, 6.45) is 12.0. The van der Waals surface area contributed by atoms with Crippen molar-refractivity contribution in [3.05, 3.63) is 35.4 Å². The quantitative estimate of drug-likeness (QED) is 0.914. The van der Waals surface area contributed by atoms with E-state index in [2.05, 4.69) is 36.9 Å². The fourth-order valence-corrected chi connectivity index (χ4v) is 3.86. The Morgan fingerprint density at radius 2 is 1.92 bits per heavy atom. The maximum atomic E-state index is 4.54. The highest BCUT2D eigenvalue weighted by molar-refractivity contribution is 5.31. The number of hydrogen-bond donors (Lipinski definition) is 1. The minimum absolute atomic E-state index is 0.396. The maximum absolute atomic E-state index is 4.54. The van der Waals surface area contributed by atoms with Gasteiger partial charge < -0.3 is 10.2 Å². The molecule has 0 bridgehead atoms. The first kappa shape index (κ1) is 15.6. The standard InChI is InChI=1S/C18H26N6/c1-2-24-17-7-5-6-16(15(17)13-22-24)19-10-14-11-20-18(21-12-14)23-8-3-4-9-23/h11-13,16,19H,2-10H2,1H3/t16-/m1/s1. The van der Waals surface area contributed by atoms with E-state index in [0.717, 1.165) is 44.1 Å². The van der Waals surface area contributed by atoms with Gasteiger partial charge in [-0.15, -0.1) is 0 Å². The Morgan fingerprint density at radius 1 is 1.12 bits per heavy atom. The normalized spacial score (nSPS) is 20.4. The molecule has 6 heteroatoms. The van der Waals surface area contributed by atoms with Crippen LogP contribution < -0.4 is 10.2 Å². The summed E-state index contributed by atoms with van der Waals surface area (Å²) >= 11 is 0. The van der Waals surface area contributed by atoms with Gasteiger partial charge in [0, 0.05) is 61.4 Å². The average molecular weight is 326 g/mol. The molecular formula is C18H26N6. The number of fused-ring (bicyclic) bond motifs is 1. The third-order valence-corrected chi connectivity index (χ3v) is 5.20. The second kappa shape index (κ2) is 6.89. The van der Waals surface area contributed by atoms with Crippen molar-refractivity contribution in [3.63, 3.8) is 0 Å². The van der Waals surface area contributed by atoms with E-state index in [1.54, 1.807) is 0 Å². The van der Waals surface area contributed by atoms with E-state index in [1.165, 1.54) is 36.9 Å². The molecule has 0 amide bonds. The zero-order valence-electron chi connectivity index (χ0n) is 14.4. The van der Waals surface area contributed by atoms with Crippen molar-refractivity contribution >= 4 is 5.95 Å². The van der Waals surface area contributed by atoms with Crippen LogP contribution in [0.25, 0.3) is 0 Å². The Morgan fingerprint density at radius 3 is 2.67 bits per heavy atom. The van der Waals surface area contributed by atoms with Gasteiger partial charge in [0.2, 0.25) is 5.95 Å². The SMILES string of the molecule is CCn1ncc2c1CCC[C@H]2NCc1cnc(N2CCCC2)nc1. The van der Waals surface area contributed by atoms with Gasteiger partial charge in [-0.25, -0.2) is 9.97 Å². The van der Waals surface area contributed by atoms with E-state index >= 15 is 0 Å². The molecule has 2 aromatic heterocycles. The first-order valence-electron chi connectivity index (χ1n) is 9.19. The lowest BCUT2D eigenvalue weighted by molar-refractivity contribution is 0.447. The minimum atomic E-state index is 0.396. The highest BCUT2D eigenvalue weighted by Crippen LogP contribution is 2.29. The summed E-state index contributed by atoms with van der Waals surface area (Å²) in [5.41, 5.74) is 3.92.